The van der Waals surface area contributed by atoms with E-state index in [0.717, 1.165) is 31.4 Å². The van der Waals surface area contributed by atoms with Crippen LogP contribution in [0.25, 0.3) is 0 Å². The third-order valence-corrected chi connectivity index (χ3v) is 5.26. The average Bonchev–Trinajstić information content (AvgIpc) is 2.58. The van der Waals surface area contributed by atoms with Gasteiger partial charge in [-0.05, 0) is 55.4 Å². The normalized spacial score (nSPS) is 21.2. The molecule has 0 atom stereocenters. The van der Waals surface area contributed by atoms with Crippen LogP contribution in [0.15, 0.2) is 24.3 Å². The third kappa shape index (κ3) is 6.13. The van der Waals surface area contributed by atoms with E-state index in [1.807, 2.05) is 0 Å². The second-order valence-electron chi connectivity index (χ2n) is 6.29. The van der Waals surface area contributed by atoms with Crippen molar-refractivity contribution in [2.45, 2.75) is 32.1 Å². The van der Waals surface area contributed by atoms with Crippen LogP contribution in [-0.2, 0) is 14.9 Å². The Labute approximate surface area is 142 Å². The number of carbonyl (C=O) groups excluding carboxylic acids is 1. The molecule has 1 fully saturated rings. The number of methoxy groups -OCH3 is 1. The summed E-state index contributed by atoms with van der Waals surface area (Å²) in [5.74, 6) is 1.02. The van der Waals surface area contributed by atoms with Crippen LogP contribution in [0.2, 0.25) is 0 Å². The van der Waals surface area contributed by atoms with E-state index < -0.39 is 10.1 Å². The van der Waals surface area contributed by atoms with Gasteiger partial charge in [0.2, 0.25) is 0 Å². The van der Waals surface area contributed by atoms with Gasteiger partial charge in [-0.2, -0.15) is 8.42 Å². The quantitative estimate of drug-likeness (QED) is 0.597. The molecule has 0 aromatic heterocycles. The number of hydrogen-bond donors (Lipinski definition) is 1. The number of hydrogen-bond acceptors (Lipinski definition) is 5. The molecule has 1 saturated carbocycles. The molecule has 0 unspecified atom stereocenters. The van der Waals surface area contributed by atoms with Crippen LogP contribution in [0, 0.1) is 11.8 Å². The first-order valence-electron chi connectivity index (χ1n) is 8.13. The highest BCUT2D eigenvalue weighted by Gasteiger charge is 2.23. The van der Waals surface area contributed by atoms with Crippen molar-refractivity contribution < 1.29 is 27.2 Å². The summed E-state index contributed by atoms with van der Waals surface area (Å²) in [5.41, 5.74) is 0.490. The molecule has 0 bridgehead atoms. The molecule has 6 nitrogen and oxygen atoms in total. The molecule has 1 aliphatic rings. The summed E-state index contributed by atoms with van der Waals surface area (Å²) in [6.07, 6.45) is 4.45. The van der Waals surface area contributed by atoms with Crippen molar-refractivity contribution in [3.8, 4) is 5.75 Å². The Hall–Kier alpha value is -1.60. The highest BCUT2D eigenvalue weighted by Crippen LogP contribution is 2.31. The minimum absolute atomic E-state index is 0.147. The van der Waals surface area contributed by atoms with Gasteiger partial charge >= 0.3 is 5.97 Å². The topological polar surface area (TPSA) is 89.9 Å². The van der Waals surface area contributed by atoms with Gasteiger partial charge < -0.3 is 9.47 Å². The van der Waals surface area contributed by atoms with Crippen LogP contribution in [0.4, 0.5) is 0 Å². The first kappa shape index (κ1) is 18.7. The van der Waals surface area contributed by atoms with E-state index in [1.54, 1.807) is 24.3 Å². The fourth-order valence-corrected chi connectivity index (χ4v) is 3.65. The standard InChI is InChI=1S/C17H24O6S/c1-22-17(18)15-6-8-16(9-7-15)23-12-14-4-2-13(3-5-14)10-11-24(19,20)21/h6-9,13-14H,2-5,10-12H2,1H3,(H,19,20,21). The second kappa shape index (κ2) is 8.48. The van der Waals surface area contributed by atoms with Crippen molar-refractivity contribution in [2.75, 3.05) is 19.5 Å². The van der Waals surface area contributed by atoms with Gasteiger partial charge in [-0.1, -0.05) is 12.8 Å². The SMILES string of the molecule is COC(=O)c1ccc(OCC2CCC(CCS(=O)(=O)O)CC2)cc1. The van der Waals surface area contributed by atoms with Gasteiger partial charge in [-0.15, -0.1) is 0 Å². The lowest BCUT2D eigenvalue weighted by Gasteiger charge is -2.28. The van der Waals surface area contributed by atoms with E-state index in [9.17, 15) is 13.2 Å². The molecule has 2 rings (SSSR count). The molecule has 7 heteroatoms. The summed E-state index contributed by atoms with van der Waals surface area (Å²) >= 11 is 0. The Morgan fingerprint density at radius 2 is 1.71 bits per heavy atom. The Kier molecular flexibility index (Phi) is 6.62. The molecule has 0 heterocycles. The Morgan fingerprint density at radius 3 is 2.25 bits per heavy atom. The van der Waals surface area contributed by atoms with Gasteiger partial charge in [0.1, 0.15) is 5.75 Å². The molecule has 1 aromatic rings. The van der Waals surface area contributed by atoms with Crippen LogP contribution < -0.4 is 4.74 Å². The molecular weight excluding hydrogens is 332 g/mol. The molecule has 1 aromatic carbocycles. The average molecular weight is 356 g/mol. The van der Waals surface area contributed by atoms with Gasteiger partial charge in [-0.25, -0.2) is 4.79 Å². The van der Waals surface area contributed by atoms with Crippen molar-refractivity contribution >= 4 is 16.1 Å². The maximum Gasteiger partial charge on any atom is 0.337 e. The maximum atomic E-state index is 11.4. The third-order valence-electron chi connectivity index (χ3n) is 4.51. The lowest BCUT2D eigenvalue weighted by Crippen LogP contribution is -2.21. The van der Waals surface area contributed by atoms with Gasteiger partial charge in [0.05, 0.1) is 25.0 Å². The molecule has 134 valence electrons. The summed E-state index contributed by atoms with van der Waals surface area (Å²) in [6, 6.07) is 6.86. The summed E-state index contributed by atoms with van der Waals surface area (Å²) in [6.45, 7) is 0.614. The predicted octanol–water partition coefficient (Wildman–Crippen LogP) is 2.94. The first-order valence-corrected chi connectivity index (χ1v) is 9.74. The minimum atomic E-state index is -3.85. The van der Waals surface area contributed by atoms with Crippen LogP contribution in [-0.4, -0.2) is 38.4 Å². The summed E-state index contributed by atoms with van der Waals surface area (Å²) < 4.78 is 40.8. The van der Waals surface area contributed by atoms with Crippen molar-refractivity contribution in [1.82, 2.24) is 0 Å². The minimum Gasteiger partial charge on any atom is -0.493 e. The zero-order valence-corrected chi connectivity index (χ0v) is 14.6. The van der Waals surface area contributed by atoms with Gasteiger partial charge in [0, 0.05) is 0 Å². The molecule has 1 aliphatic carbocycles. The lowest BCUT2D eigenvalue weighted by atomic mass is 9.81. The van der Waals surface area contributed by atoms with E-state index in [1.165, 1.54) is 7.11 Å². The van der Waals surface area contributed by atoms with E-state index in [0.29, 0.717) is 30.4 Å². The predicted molar refractivity (Wildman–Crippen MR) is 89.8 cm³/mol. The summed E-state index contributed by atoms with van der Waals surface area (Å²) in [7, 11) is -2.51. The van der Waals surface area contributed by atoms with E-state index in [-0.39, 0.29) is 11.7 Å². The number of benzene rings is 1. The fourth-order valence-electron chi connectivity index (χ4n) is 3.02. The maximum absolute atomic E-state index is 11.4. The van der Waals surface area contributed by atoms with Crippen molar-refractivity contribution in [3.05, 3.63) is 29.8 Å². The Balaban J connectivity index is 1.71. The van der Waals surface area contributed by atoms with Gasteiger partial charge in [0.25, 0.3) is 10.1 Å². The molecule has 0 aliphatic heterocycles. The molecule has 0 radical (unpaired) electrons. The molecule has 0 amide bonds. The second-order valence-corrected chi connectivity index (χ2v) is 7.86. The summed E-state index contributed by atoms with van der Waals surface area (Å²) in [5, 5.41) is 0. The number of carbonyl (C=O) groups is 1. The zero-order chi connectivity index (χ0) is 17.6. The van der Waals surface area contributed by atoms with Crippen molar-refractivity contribution in [3.63, 3.8) is 0 Å². The van der Waals surface area contributed by atoms with Crippen molar-refractivity contribution in [1.29, 1.82) is 0 Å². The Bertz CT molecular complexity index is 630. The van der Waals surface area contributed by atoms with E-state index >= 15 is 0 Å². The monoisotopic (exact) mass is 356 g/mol. The highest BCUT2D eigenvalue weighted by molar-refractivity contribution is 7.85. The molecule has 24 heavy (non-hydrogen) atoms. The molecule has 1 N–H and O–H groups in total. The zero-order valence-electron chi connectivity index (χ0n) is 13.8. The smallest absolute Gasteiger partial charge is 0.337 e. The number of ether oxygens (including phenoxy) is 2. The fraction of sp³-hybridized carbons (Fsp3) is 0.588. The first-order chi connectivity index (χ1) is 11.4. The van der Waals surface area contributed by atoms with Crippen LogP contribution in [0.5, 0.6) is 5.75 Å². The summed E-state index contributed by atoms with van der Waals surface area (Å²) in [4.78, 5) is 11.4. The number of esters is 1. The number of rotatable bonds is 7. The lowest BCUT2D eigenvalue weighted by molar-refractivity contribution is 0.0600. The Morgan fingerprint density at radius 1 is 1.12 bits per heavy atom. The highest BCUT2D eigenvalue weighted by atomic mass is 32.2. The van der Waals surface area contributed by atoms with E-state index in [2.05, 4.69) is 4.74 Å². The van der Waals surface area contributed by atoms with Crippen molar-refractivity contribution in [2.24, 2.45) is 11.8 Å². The van der Waals surface area contributed by atoms with Gasteiger partial charge in [0.15, 0.2) is 0 Å². The molecule has 0 saturated heterocycles. The molecular formula is C17H24O6S. The van der Waals surface area contributed by atoms with Crippen LogP contribution >= 0.6 is 0 Å². The van der Waals surface area contributed by atoms with Gasteiger partial charge in [-0.3, -0.25) is 4.55 Å². The van der Waals surface area contributed by atoms with E-state index in [4.69, 9.17) is 9.29 Å². The van der Waals surface area contributed by atoms with Crippen LogP contribution in [0.3, 0.4) is 0 Å². The van der Waals surface area contributed by atoms with Crippen LogP contribution in [0.1, 0.15) is 42.5 Å². The largest absolute Gasteiger partial charge is 0.493 e. The molecule has 0 spiro atoms.